The fraction of sp³-hybridized carbons (Fsp3) is 0.381. The van der Waals surface area contributed by atoms with Gasteiger partial charge in [0, 0.05) is 29.1 Å². The molecule has 4 rings (SSSR count). The van der Waals surface area contributed by atoms with Gasteiger partial charge in [0.25, 0.3) is 0 Å². The van der Waals surface area contributed by atoms with Gasteiger partial charge in [-0.1, -0.05) is 32.0 Å². The summed E-state index contributed by atoms with van der Waals surface area (Å²) in [4.78, 5) is 16.8. The highest BCUT2D eigenvalue weighted by atomic mass is 32.1. The van der Waals surface area contributed by atoms with Crippen molar-refractivity contribution in [2.45, 2.75) is 39.7 Å². The molecule has 0 bridgehead atoms. The summed E-state index contributed by atoms with van der Waals surface area (Å²) in [6.45, 7) is 7.39. The number of para-hydroxylation sites is 2. The van der Waals surface area contributed by atoms with E-state index in [4.69, 9.17) is 0 Å². The molecule has 130 valence electrons. The summed E-state index contributed by atoms with van der Waals surface area (Å²) < 4.78 is 0. The third-order valence-electron chi connectivity index (χ3n) is 5.16. The Morgan fingerprint density at radius 3 is 2.72 bits per heavy atom. The number of thiophene rings is 1. The highest BCUT2D eigenvalue weighted by molar-refractivity contribution is 7.10. The lowest BCUT2D eigenvalue weighted by molar-refractivity contribution is -0.118. The van der Waals surface area contributed by atoms with Crippen LogP contribution in [0.1, 0.15) is 44.5 Å². The average molecular weight is 353 g/mol. The van der Waals surface area contributed by atoms with Gasteiger partial charge in [0.1, 0.15) is 0 Å². The lowest BCUT2D eigenvalue weighted by Crippen LogP contribution is -2.35. The van der Waals surface area contributed by atoms with Gasteiger partial charge in [-0.25, -0.2) is 0 Å². The van der Waals surface area contributed by atoms with Gasteiger partial charge >= 0.3 is 0 Å². The molecule has 0 radical (unpaired) electrons. The van der Waals surface area contributed by atoms with Crippen LogP contribution in [0.3, 0.4) is 0 Å². The predicted octanol–water partition coefficient (Wildman–Crippen LogP) is 5.38. The minimum atomic E-state index is -0.000749. The number of likely N-dealkylation sites (N-methyl/N-ethyl adjacent to an activating group) is 1. The fourth-order valence-electron chi connectivity index (χ4n) is 4.15. The van der Waals surface area contributed by atoms with Crippen LogP contribution in [-0.2, 0) is 4.79 Å². The molecule has 1 aromatic carbocycles. The SMILES string of the molecule is CCN1c2ccccc2NC2=C(C(=O)CC(C)(C)C2)C1c1cccs1. The maximum absolute atomic E-state index is 13.2. The number of fused-ring (bicyclic) bond motifs is 1. The van der Waals surface area contributed by atoms with Crippen LogP contribution >= 0.6 is 11.3 Å². The number of benzene rings is 1. The molecule has 0 amide bonds. The Morgan fingerprint density at radius 1 is 1.20 bits per heavy atom. The van der Waals surface area contributed by atoms with E-state index in [9.17, 15) is 4.79 Å². The molecule has 1 atom stereocenters. The van der Waals surface area contributed by atoms with Gasteiger partial charge < -0.3 is 10.2 Å². The Morgan fingerprint density at radius 2 is 2.00 bits per heavy atom. The van der Waals surface area contributed by atoms with E-state index in [0.29, 0.717) is 6.42 Å². The van der Waals surface area contributed by atoms with Crippen LogP contribution in [0.15, 0.2) is 53.0 Å². The summed E-state index contributed by atoms with van der Waals surface area (Å²) in [6.07, 6.45) is 1.52. The average Bonchev–Trinajstić information content (AvgIpc) is 3.03. The largest absolute Gasteiger partial charge is 0.358 e. The first kappa shape index (κ1) is 16.4. The van der Waals surface area contributed by atoms with E-state index in [1.807, 2.05) is 0 Å². The smallest absolute Gasteiger partial charge is 0.163 e. The van der Waals surface area contributed by atoms with Crippen molar-refractivity contribution >= 4 is 28.5 Å². The third kappa shape index (κ3) is 2.78. The van der Waals surface area contributed by atoms with E-state index in [2.05, 4.69) is 72.8 Å². The van der Waals surface area contributed by atoms with E-state index in [-0.39, 0.29) is 17.2 Å². The Kier molecular flexibility index (Phi) is 3.95. The van der Waals surface area contributed by atoms with Crippen molar-refractivity contribution in [3.05, 3.63) is 57.9 Å². The molecule has 2 aromatic rings. The molecule has 1 aliphatic carbocycles. The van der Waals surface area contributed by atoms with Crippen molar-refractivity contribution in [1.29, 1.82) is 0 Å². The monoisotopic (exact) mass is 352 g/mol. The minimum absolute atomic E-state index is 0.000231. The molecule has 2 heterocycles. The van der Waals surface area contributed by atoms with Crippen LogP contribution < -0.4 is 10.2 Å². The molecular formula is C21H24N2OS. The van der Waals surface area contributed by atoms with Gasteiger partial charge in [0.15, 0.2) is 5.78 Å². The highest BCUT2D eigenvalue weighted by Gasteiger charge is 2.41. The van der Waals surface area contributed by atoms with Gasteiger partial charge in [0.2, 0.25) is 0 Å². The van der Waals surface area contributed by atoms with Crippen LogP contribution in [0.2, 0.25) is 0 Å². The zero-order chi connectivity index (χ0) is 17.6. The van der Waals surface area contributed by atoms with Crippen LogP contribution in [0.4, 0.5) is 11.4 Å². The van der Waals surface area contributed by atoms with Crippen LogP contribution in [0.5, 0.6) is 0 Å². The summed E-state index contributed by atoms with van der Waals surface area (Å²) in [7, 11) is 0. The van der Waals surface area contributed by atoms with Crippen molar-refractivity contribution in [1.82, 2.24) is 0 Å². The van der Waals surface area contributed by atoms with Crippen molar-refractivity contribution in [3.63, 3.8) is 0 Å². The van der Waals surface area contributed by atoms with Crippen molar-refractivity contribution in [3.8, 4) is 0 Å². The second kappa shape index (κ2) is 6.03. The van der Waals surface area contributed by atoms with Gasteiger partial charge in [-0.3, -0.25) is 4.79 Å². The van der Waals surface area contributed by atoms with E-state index >= 15 is 0 Å². The first-order valence-electron chi connectivity index (χ1n) is 8.92. The molecule has 1 N–H and O–H groups in total. The van der Waals surface area contributed by atoms with Crippen molar-refractivity contribution in [2.24, 2.45) is 5.41 Å². The Bertz CT molecular complexity index is 835. The van der Waals surface area contributed by atoms with E-state index in [0.717, 1.165) is 29.9 Å². The lowest BCUT2D eigenvalue weighted by Gasteiger charge is -2.37. The second-order valence-corrected chi connectivity index (χ2v) is 8.66. The predicted molar refractivity (Wildman–Crippen MR) is 105 cm³/mol. The van der Waals surface area contributed by atoms with Crippen LogP contribution in [0, 0.1) is 5.41 Å². The van der Waals surface area contributed by atoms with Gasteiger partial charge in [0.05, 0.1) is 17.4 Å². The Labute approximate surface area is 153 Å². The number of ketones is 1. The first-order valence-corrected chi connectivity index (χ1v) is 9.80. The van der Waals surface area contributed by atoms with E-state index < -0.39 is 0 Å². The van der Waals surface area contributed by atoms with Gasteiger partial charge in [-0.15, -0.1) is 11.3 Å². The number of Topliss-reactive ketones (excluding diaryl/α,β-unsaturated/α-hetero) is 1. The number of nitrogens with one attached hydrogen (secondary N) is 1. The number of nitrogens with zero attached hydrogens (tertiary/aromatic N) is 1. The topological polar surface area (TPSA) is 32.3 Å². The number of hydrogen-bond donors (Lipinski definition) is 1. The molecule has 1 aromatic heterocycles. The zero-order valence-corrected chi connectivity index (χ0v) is 15.8. The molecule has 0 saturated heterocycles. The summed E-state index contributed by atoms with van der Waals surface area (Å²) in [6, 6.07) is 12.6. The fourth-order valence-corrected chi connectivity index (χ4v) is 4.99. The quantitative estimate of drug-likeness (QED) is 0.787. The third-order valence-corrected chi connectivity index (χ3v) is 6.08. The molecule has 2 aliphatic rings. The maximum Gasteiger partial charge on any atom is 0.163 e. The normalized spacial score (nSPS) is 22.1. The molecule has 0 fully saturated rings. The summed E-state index contributed by atoms with van der Waals surface area (Å²) in [5.74, 6) is 0.281. The first-order chi connectivity index (χ1) is 12.0. The minimum Gasteiger partial charge on any atom is -0.358 e. The molecule has 0 saturated carbocycles. The van der Waals surface area contributed by atoms with Gasteiger partial charge in [-0.05, 0) is 42.3 Å². The van der Waals surface area contributed by atoms with E-state index in [1.165, 1.54) is 10.6 Å². The summed E-state index contributed by atoms with van der Waals surface area (Å²) in [5.41, 5.74) is 4.33. The number of allylic oxidation sites excluding steroid dienone is 1. The molecule has 1 aliphatic heterocycles. The van der Waals surface area contributed by atoms with E-state index in [1.54, 1.807) is 11.3 Å². The number of carbonyl (C=O) groups excluding carboxylic acids is 1. The number of anilines is 2. The molecule has 1 unspecified atom stereocenters. The van der Waals surface area contributed by atoms with Crippen LogP contribution in [0.25, 0.3) is 0 Å². The van der Waals surface area contributed by atoms with Crippen molar-refractivity contribution in [2.75, 3.05) is 16.8 Å². The molecule has 0 spiro atoms. The molecular weight excluding hydrogens is 328 g/mol. The zero-order valence-electron chi connectivity index (χ0n) is 15.0. The van der Waals surface area contributed by atoms with Crippen molar-refractivity contribution < 1.29 is 4.79 Å². The summed E-state index contributed by atoms with van der Waals surface area (Å²) >= 11 is 1.73. The Balaban J connectivity index is 1.96. The maximum atomic E-state index is 13.2. The highest BCUT2D eigenvalue weighted by Crippen LogP contribution is 2.48. The van der Waals surface area contributed by atoms with Gasteiger partial charge in [-0.2, -0.15) is 0 Å². The summed E-state index contributed by atoms with van der Waals surface area (Å²) in [5, 5.41) is 5.73. The molecule has 3 nitrogen and oxygen atoms in total. The number of hydrogen-bond acceptors (Lipinski definition) is 4. The molecule has 4 heteroatoms. The lowest BCUT2D eigenvalue weighted by atomic mass is 9.74. The number of rotatable bonds is 2. The standard InChI is InChI=1S/C21H24N2OS/c1-4-23-16-9-6-5-8-14(16)22-15-12-21(2,3)13-17(24)19(15)20(23)18-10-7-11-25-18/h5-11,20,22H,4,12-13H2,1-3H3. The Hall–Kier alpha value is -2.07. The number of carbonyl (C=O) groups is 1. The molecule has 25 heavy (non-hydrogen) atoms. The second-order valence-electron chi connectivity index (χ2n) is 7.68. The van der Waals surface area contributed by atoms with Crippen LogP contribution in [-0.4, -0.2) is 12.3 Å².